The fraction of sp³-hybridized carbons (Fsp3) is 0.294. The second kappa shape index (κ2) is 7.25. The Labute approximate surface area is 165 Å². The summed E-state index contributed by atoms with van der Waals surface area (Å²) in [6.45, 7) is 0.00648. The molecule has 3 aromatic rings. The Balaban J connectivity index is 1.38. The first-order valence-electron chi connectivity index (χ1n) is 8.17. The summed E-state index contributed by atoms with van der Waals surface area (Å²) >= 11 is 7.39. The number of nitrogens with zero attached hydrogens (tertiary/aromatic N) is 4. The summed E-state index contributed by atoms with van der Waals surface area (Å²) in [5.41, 5.74) is -0.281. The molecule has 1 aromatic carbocycles. The van der Waals surface area contributed by atoms with Crippen LogP contribution in [-0.2, 0) is 19.1 Å². The SMILES string of the molecule is O=c1c(Cl)ccnn1Cc1nc(CC2SC2c2ccc(C(F)(F)F)cc2)no1. The van der Waals surface area contributed by atoms with Crippen molar-refractivity contribution in [3.63, 3.8) is 0 Å². The van der Waals surface area contributed by atoms with Gasteiger partial charge in [-0.3, -0.25) is 4.79 Å². The highest BCUT2D eigenvalue weighted by Crippen LogP contribution is 2.56. The third-order valence-corrected chi connectivity index (χ3v) is 5.85. The van der Waals surface area contributed by atoms with E-state index in [1.807, 2.05) is 0 Å². The Morgan fingerprint density at radius 1 is 1.21 bits per heavy atom. The maximum atomic E-state index is 12.6. The molecule has 0 spiro atoms. The normalized spacial score (nSPS) is 19.0. The molecule has 0 N–H and O–H groups in total. The lowest BCUT2D eigenvalue weighted by Crippen LogP contribution is -2.23. The van der Waals surface area contributed by atoms with Gasteiger partial charge in [0.1, 0.15) is 11.6 Å². The predicted octanol–water partition coefficient (Wildman–Crippen LogP) is 3.75. The summed E-state index contributed by atoms with van der Waals surface area (Å²) in [5.74, 6) is 0.695. The summed E-state index contributed by atoms with van der Waals surface area (Å²) < 4.78 is 44.2. The molecule has 1 fully saturated rings. The van der Waals surface area contributed by atoms with E-state index in [-0.39, 0.29) is 28.0 Å². The topological polar surface area (TPSA) is 73.8 Å². The largest absolute Gasteiger partial charge is 0.416 e. The first-order valence-corrected chi connectivity index (χ1v) is 9.49. The lowest BCUT2D eigenvalue weighted by molar-refractivity contribution is -0.137. The van der Waals surface area contributed by atoms with E-state index in [2.05, 4.69) is 15.2 Å². The highest BCUT2D eigenvalue weighted by Gasteiger charge is 2.41. The maximum Gasteiger partial charge on any atom is 0.416 e. The molecular weight excluding hydrogens is 417 g/mol. The van der Waals surface area contributed by atoms with Crippen LogP contribution in [0.1, 0.15) is 28.1 Å². The van der Waals surface area contributed by atoms with Gasteiger partial charge in [0.15, 0.2) is 5.82 Å². The molecule has 0 amide bonds. The highest BCUT2D eigenvalue weighted by atomic mass is 35.5. The molecule has 1 aliphatic rings. The van der Waals surface area contributed by atoms with Crippen LogP contribution in [0.15, 0.2) is 45.8 Å². The molecule has 0 saturated carbocycles. The van der Waals surface area contributed by atoms with Gasteiger partial charge in [-0.05, 0) is 23.8 Å². The van der Waals surface area contributed by atoms with Crippen LogP contribution in [-0.4, -0.2) is 25.2 Å². The molecule has 28 heavy (non-hydrogen) atoms. The van der Waals surface area contributed by atoms with E-state index in [1.165, 1.54) is 24.4 Å². The number of halogens is 4. The van der Waals surface area contributed by atoms with Gasteiger partial charge >= 0.3 is 6.18 Å². The molecule has 2 atom stereocenters. The number of thioether (sulfide) groups is 1. The van der Waals surface area contributed by atoms with Gasteiger partial charge in [0, 0.05) is 23.1 Å². The Morgan fingerprint density at radius 3 is 2.68 bits per heavy atom. The molecule has 4 rings (SSSR count). The summed E-state index contributed by atoms with van der Waals surface area (Å²) in [7, 11) is 0. The van der Waals surface area contributed by atoms with E-state index in [0.29, 0.717) is 12.2 Å². The van der Waals surface area contributed by atoms with Crippen molar-refractivity contribution in [3.05, 3.63) is 74.7 Å². The fourth-order valence-electron chi connectivity index (χ4n) is 2.74. The zero-order chi connectivity index (χ0) is 19.9. The zero-order valence-corrected chi connectivity index (χ0v) is 15.6. The summed E-state index contributed by atoms with van der Waals surface area (Å²) in [4.78, 5) is 16.1. The quantitative estimate of drug-likeness (QED) is 0.576. The van der Waals surface area contributed by atoms with Crippen LogP contribution < -0.4 is 5.56 Å². The first kappa shape index (κ1) is 19.0. The maximum absolute atomic E-state index is 12.6. The van der Waals surface area contributed by atoms with Crippen molar-refractivity contribution in [1.82, 2.24) is 19.9 Å². The predicted molar refractivity (Wildman–Crippen MR) is 96.2 cm³/mol. The molecule has 6 nitrogen and oxygen atoms in total. The molecule has 2 aromatic heterocycles. The van der Waals surface area contributed by atoms with E-state index < -0.39 is 17.3 Å². The van der Waals surface area contributed by atoms with E-state index in [0.717, 1.165) is 22.4 Å². The molecule has 0 radical (unpaired) electrons. The van der Waals surface area contributed by atoms with Gasteiger partial charge in [-0.2, -0.15) is 23.3 Å². The monoisotopic (exact) mass is 428 g/mol. The van der Waals surface area contributed by atoms with Crippen LogP contribution in [0.25, 0.3) is 0 Å². The van der Waals surface area contributed by atoms with Crippen LogP contribution in [0.4, 0.5) is 13.2 Å². The molecule has 1 aliphatic heterocycles. The molecule has 0 aliphatic carbocycles. The van der Waals surface area contributed by atoms with Crippen LogP contribution in [0.2, 0.25) is 5.02 Å². The number of hydrogen-bond acceptors (Lipinski definition) is 6. The minimum atomic E-state index is -4.34. The van der Waals surface area contributed by atoms with Crippen LogP contribution in [0.5, 0.6) is 0 Å². The lowest BCUT2D eigenvalue weighted by Gasteiger charge is -2.06. The number of aromatic nitrogens is 4. The van der Waals surface area contributed by atoms with Crippen molar-refractivity contribution in [2.24, 2.45) is 0 Å². The standard InChI is InChI=1S/C17H12ClF3N4O2S/c18-11-5-6-22-25(16(11)26)8-14-23-13(24-27-14)7-12-15(28-12)9-1-3-10(4-2-9)17(19,20)21/h1-6,12,15H,7-8H2. The van der Waals surface area contributed by atoms with E-state index in [9.17, 15) is 18.0 Å². The van der Waals surface area contributed by atoms with Gasteiger partial charge in [-0.1, -0.05) is 28.9 Å². The molecule has 146 valence electrons. The Morgan fingerprint density at radius 2 is 1.96 bits per heavy atom. The Hall–Kier alpha value is -2.33. The number of rotatable bonds is 5. The molecule has 0 bridgehead atoms. The summed E-state index contributed by atoms with van der Waals surface area (Å²) in [6, 6.07) is 6.57. The van der Waals surface area contributed by atoms with Gasteiger partial charge in [-0.25, -0.2) is 4.68 Å². The van der Waals surface area contributed by atoms with Crippen molar-refractivity contribution in [2.45, 2.75) is 29.6 Å². The minimum absolute atomic E-state index is 0.00648. The van der Waals surface area contributed by atoms with Crippen molar-refractivity contribution in [1.29, 1.82) is 0 Å². The molecule has 11 heteroatoms. The summed E-state index contributed by atoms with van der Waals surface area (Å²) in [6.07, 6.45) is -2.43. The van der Waals surface area contributed by atoms with E-state index >= 15 is 0 Å². The second-order valence-corrected chi connectivity index (χ2v) is 7.96. The second-order valence-electron chi connectivity index (χ2n) is 6.17. The number of alkyl halides is 3. The van der Waals surface area contributed by atoms with Gasteiger partial charge in [0.05, 0.1) is 5.56 Å². The molecule has 1 saturated heterocycles. The zero-order valence-electron chi connectivity index (χ0n) is 14.1. The average Bonchev–Trinajstić information content (AvgIpc) is 3.27. The van der Waals surface area contributed by atoms with Crippen LogP contribution >= 0.6 is 23.4 Å². The van der Waals surface area contributed by atoms with Gasteiger partial charge in [0.2, 0.25) is 5.89 Å². The summed E-state index contributed by atoms with van der Waals surface area (Å²) in [5, 5.41) is 8.10. The third-order valence-electron chi connectivity index (χ3n) is 4.19. The van der Waals surface area contributed by atoms with Gasteiger partial charge in [0.25, 0.3) is 5.56 Å². The van der Waals surface area contributed by atoms with Gasteiger partial charge < -0.3 is 4.52 Å². The van der Waals surface area contributed by atoms with Crippen molar-refractivity contribution in [3.8, 4) is 0 Å². The van der Waals surface area contributed by atoms with E-state index in [4.69, 9.17) is 16.1 Å². The first-order chi connectivity index (χ1) is 13.3. The van der Waals surface area contributed by atoms with Crippen LogP contribution in [0.3, 0.4) is 0 Å². The third kappa shape index (κ3) is 4.07. The highest BCUT2D eigenvalue weighted by molar-refractivity contribution is 8.07. The molecular formula is C17H12ClF3N4O2S. The molecule has 3 heterocycles. The van der Waals surface area contributed by atoms with Crippen molar-refractivity contribution in [2.75, 3.05) is 0 Å². The average molecular weight is 429 g/mol. The smallest absolute Gasteiger partial charge is 0.337 e. The van der Waals surface area contributed by atoms with Crippen LogP contribution in [0, 0.1) is 0 Å². The minimum Gasteiger partial charge on any atom is -0.337 e. The van der Waals surface area contributed by atoms with E-state index in [1.54, 1.807) is 11.8 Å². The van der Waals surface area contributed by atoms with Gasteiger partial charge in [-0.15, -0.1) is 11.8 Å². The fourth-order valence-corrected chi connectivity index (χ4v) is 3.99. The number of hydrogen-bond donors (Lipinski definition) is 0. The Kier molecular flexibility index (Phi) is 4.92. The number of benzene rings is 1. The molecule has 2 unspecified atom stereocenters. The van der Waals surface area contributed by atoms with Crippen molar-refractivity contribution >= 4 is 23.4 Å². The lowest BCUT2D eigenvalue weighted by atomic mass is 10.1. The Bertz CT molecular complexity index is 1050. The van der Waals surface area contributed by atoms with Crippen molar-refractivity contribution < 1.29 is 17.7 Å².